The van der Waals surface area contributed by atoms with E-state index in [-0.39, 0.29) is 28.5 Å². The third-order valence-corrected chi connectivity index (χ3v) is 8.72. The Morgan fingerprint density at radius 2 is 1.77 bits per heavy atom. The van der Waals surface area contributed by atoms with Crippen molar-refractivity contribution in [2.45, 2.75) is 58.4 Å². The van der Waals surface area contributed by atoms with E-state index in [0.717, 1.165) is 18.2 Å². The summed E-state index contributed by atoms with van der Waals surface area (Å²) in [5.74, 6) is -1.18. The first kappa shape index (κ1) is 27.9. The number of nitrogens with one attached hydrogen (secondary N) is 1. The molecule has 4 aromatic rings. The van der Waals surface area contributed by atoms with Crippen LogP contribution < -0.4 is 4.72 Å². The molecule has 0 bridgehead atoms. The summed E-state index contributed by atoms with van der Waals surface area (Å²) in [4.78, 5) is 13.7. The molecule has 3 atom stereocenters. The fourth-order valence-corrected chi connectivity index (χ4v) is 6.36. The molecular weight excluding hydrogens is 538 g/mol. The Bertz CT molecular complexity index is 1690. The molecule has 1 aliphatic carbocycles. The van der Waals surface area contributed by atoms with Gasteiger partial charge >= 0.3 is 0 Å². The van der Waals surface area contributed by atoms with E-state index >= 15 is 0 Å². The largest absolute Gasteiger partial charge is 0.443 e. The van der Waals surface area contributed by atoms with Crippen LogP contribution in [-0.2, 0) is 15.4 Å². The zero-order valence-corrected chi connectivity index (χ0v) is 23.8. The van der Waals surface area contributed by atoms with E-state index in [4.69, 9.17) is 9.40 Å². The average molecular weight is 569 g/mol. The number of sulfonamides is 1. The van der Waals surface area contributed by atoms with Gasteiger partial charge in [0.2, 0.25) is 15.9 Å². The molecule has 0 amide bonds. The number of hydrogen-bond donors (Lipinski definition) is 1. The number of halogens is 2. The Morgan fingerprint density at radius 3 is 2.45 bits per heavy atom. The normalized spacial score (nSPS) is 21.1. The SMILES string of the molecule is C[C@@H]1CC(C)(C)[C@@](C)(c2cncc(-c3nc([C@H](C)NS(C)(=O)=O)co3)n2)c2nnc(-c3c(F)cccc3F)cc21. The van der Waals surface area contributed by atoms with Crippen LogP contribution in [0.3, 0.4) is 0 Å². The van der Waals surface area contributed by atoms with E-state index in [1.165, 1.54) is 30.7 Å². The Labute approximate surface area is 231 Å². The first-order chi connectivity index (χ1) is 18.7. The second kappa shape index (κ2) is 9.77. The molecule has 9 nitrogen and oxygen atoms in total. The molecule has 210 valence electrons. The third-order valence-electron chi connectivity index (χ3n) is 7.94. The maximum Gasteiger partial charge on any atom is 0.246 e. The van der Waals surface area contributed by atoms with Gasteiger partial charge in [-0.05, 0) is 55.4 Å². The molecule has 0 radical (unpaired) electrons. The molecule has 1 aliphatic rings. The van der Waals surface area contributed by atoms with Crippen LogP contribution in [0.1, 0.15) is 75.6 Å². The molecule has 0 saturated carbocycles. The van der Waals surface area contributed by atoms with E-state index in [9.17, 15) is 17.2 Å². The highest BCUT2D eigenvalue weighted by Crippen LogP contribution is 2.56. The van der Waals surface area contributed by atoms with Gasteiger partial charge in [-0.15, -0.1) is 5.10 Å². The molecule has 3 aromatic heterocycles. The van der Waals surface area contributed by atoms with Gasteiger partial charge in [-0.1, -0.05) is 26.8 Å². The summed E-state index contributed by atoms with van der Waals surface area (Å²) in [6.45, 7) is 9.98. The molecule has 0 fully saturated rings. The Morgan fingerprint density at radius 1 is 1.07 bits per heavy atom. The highest BCUT2D eigenvalue weighted by atomic mass is 32.2. The van der Waals surface area contributed by atoms with E-state index in [2.05, 4.69) is 45.7 Å². The molecule has 0 spiro atoms. The van der Waals surface area contributed by atoms with Crippen LogP contribution in [0.4, 0.5) is 8.78 Å². The molecule has 3 heterocycles. The molecule has 40 heavy (non-hydrogen) atoms. The minimum absolute atomic E-state index is 0.0384. The zero-order chi connectivity index (χ0) is 29.0. The van der Waals surface area contributed by atoms with Crippen LogP contribution >= 0.6 is 0 Å². The quantitative estimate of drug-likeness (QED) is 0.332. The lowest BCUT2D eigenvalue weighted by atomic mass is 9.54. The Hall–Kier alpha value is -3.64. The number of oxazole rings is 1. The van der Waals surface area contributed by atoms with Crippen LogP contribution in [0.2, 0.25) is 0 Å². The van der Waals surface area contributed by atoms with Gasteiger partial charge < -0.3 is 4.42 Å². The predicted molar refractivity (Wildman–Crippen MR) is 145 cm³/mol. The van der Waals surface area contributed by atoms with Gasteiger partial charge in [0.1, 0.15) is 23.6 Å². The van der Waals surface area contributed by atoms with E-state index < -0.39 is 33.1 Å². The van der Waals surface area contributed by atoms with Gasteiger partial charge in [0, 0.05) is 6.20 Å². The van der Waals surface area contributed by atoms with Crippen LogP contribution in [0.15, 0.2) is 47.3 Å². The molecular formula is C28H30F2N6O3S. The molecule has 1 aromatic carbocycles. The summed E-state index contributed by atoms with van der Waals surface area (Å²) in [5, 5.41) is 8.83. The third kappa shape index (κ3) is 4.79. The van der Waals surface area contributed by atoms with Crippen molar-refractivity contribution in [2.24, 2.45) is 5.41 Å². The molecule has 5 rings (SSSR count). The lowest BCUT2D eigenvalue weighted by molar-refractivity contribution is 0.158. The second-order valence-corrected chi connectivity index (χ2v) is 13.0. The van der Waals surface area contributed by atoms with Gasteiger partial charge in [0.05, 0.1) is 52.2 Å². The summed E-state index contributed by atoms with van der Waals surface area (Å²) in [6.07, 6.45) is 6.38. The minimum Gasteiger partial charge on any atom is -0.443 e. The van der Waals surface area contributed by atoms with Crippen molar-refractivity contribution in [1.82, 2.24) is 29.9 Å². The number of rotatable bonds is 6. The monoisotopic (exact) mass is 568 g/mol. The van der Waals surface area contributed by atoms with Gasteiger partial charge in [0.15, 0.2) is 0 Å². The Balaban J connectivity index is 1.59. The highest BCUT2D eigenvalue weighted by Gasteiger charge is 2.52. The van der Waals surface area contributed by atoms with Gasteiger partial charge in [-0.2, -0.15) is 5.10 Å². The summed E-state index contributed by atoms with van der Waals surface area (Å²) in [5.41, 5.74) is 1.64. The number of benzene rings is 1. The topological polar surface area (TPSA) is 124 Å². The second-order valence-electron chi connectivity index (χ2n) is 11.2. The fraction of sp³-hybridized carbons (Fsp3) is 0.393. The molecule has 0 unspecified atom stereocenters. The molecule has 12 heteroatoms. The van der Waals surface area contributed by atoms with Crippen LogP contribution in [0.25, 0.3) is 22.8 Å². The Kier molecular flexibility index (Phi) is 6.82. The maximum absolute atomic E-state index is 14.6. The van der Waals surface area contributed by atoms with E-state index in [1.807, 2.05) is 6.92 Å². The summed E-state index contributed by atoms with van der Waals surface area (Å²) >= 11 is 0. The zero-order valence-electron chi connectivity index (χ0n) is 23.0. The summed E-state index contributed by atoms with van der Waals surface area (Å²) < 4.78 is 60.5. The molecule has 0 aliphatic heterocycles. The number of hydrogen-bond acceptors (Lipinski definition) is 8. The molecule has 1 N–H and O–H groups in total. The lowest BCUT2D eigenvalue weighted by Crippen LogP contribution is -2.47. The smallest absolute Gasteiger partial charge is 0.246 e. The van der Waals surface area contributed by atoms with Crippen molar-refractivity contribution in [3.63, 3.8) is 0 Å². The van der Waals surface area contributed by atoms with Gasteiger partial charge in [-0.25, -0.2) is 31.9 Å². The fourth-order valence-electron chi connectivity index (χ4n) is 5.60. The number of nitrogens with zero attached hydrogens (tertiary/aromatic N) is 5. The summed E-state index contributed by atoms with van der Waals surface area (Å²) in [7, 11) is -3.44. The van der Waals surface area contributed by atoms with Crippen LogP contribution in [-0.4, -0.2) is 39.8 Å². The maximum atomic E-state index is 14.6. The van der Waals surface area contributed by atoms with E-state index in [0.29, 0.717) is 22.8 Å². The van der Waals surface area contributed by atoms with Crippen molar-refractivity contribution in [2.75, 3.05) is 6.26 Å². The summed E-state index contributed by atoms with van der Waals surface area (Å²) in [6, 6.07) is 4.83. The first-order valence-corrected chi connectivity index (χ1v) is 14.7. The highest BCUT2D eigenvalue weighted by molar-refractivity contribution is 7.88. The van der Waals surface area contributed by atoms with Crippen molar-refractivity contribution in [1.29, 1.82) is 0 Å². The van der Waals surface area contributed by atoms with Crippen LogP contribution in [0.5, 0.6) is 0 Å². The van der Waals surface area contributed by atoms with Crippen molar-refractivity contribution in [3.05, 3.63) is 77.2 Å². The van der Waals surface area contributed by atoms with Gasteiger partial charge in [-0.3, -0.25) is 4.98 Å². The lowest BCUT2D eigenvalue weighted by Gasteiger charge is -2.49. The van der Waals surface area contributed by atoms with Crippen molar-refractivity contribution in [3.8, 4) is 22.8 Å². The van der Waals surface area contributed by atoms with Gasteiger partial charge in [0.25, 0.3) is 0 Å². The molecule has 0 saturated heterocycles. The number of aromatic nitrogens is 5. The first-order valence-electron chi connectivity index (χ1n) is 12.8. The predicted octanol–water partition coefficient (Wildman–Crippen LogP) is 5.32. The minimum atomic E-state index is -3.44. The number of fused-ring (bicyclic) bond motifs is 1. The van der Waals surface area contributed by atoms with Crippen molar-refractivity contribution < 1.29 is 21.6 Å². The van der Waals surface area contributed by atoms with E-state index in [1.54, 1.807) is 19.2 Å². The average Bonchev–Trinajstić information content (AvgIpc) is 3.37. The van der Waals surface area contributed by atoms with Crippen LogP contribution in [0, 0.1) is 17.0 Å². The standard InChI is InChI=1S/C28H30F2N6O3S/c1-15-11-27(3,4)28(5,25-17(15)10-20(34-35-25)24-18(29)8-7-9-19(24)30)23-13-31-12-21(32-23)26-33-22(14-39-26)16(2)36-40(6,37)38/h7-10,12-16,36H,11H2,1-6H3/t15-,16+,28+/m1/s1. The van der Waals surface area contributed by atoms with Crippen molar-refractivity contribution >= 4 is 10.0 Å².